The molecule has 1 aromatic carbocycles. The number of ketones is 1. The zero-order valence-corrected chi connectivity index (χ0v) is 16.7. The van der Waals surface area contributed by atoms with Gasteiger partial charge in [0, 0.05) is 49.8 Å². The minimum absolute atomic E-state index is 0.428. The predicted molar refractivity (Wildman–Crippen MR) is 110 cm³/mol. The highest BCUT2D eigenvalue weighted by Crippen LogP contribution is 2.24. The number of aromatic nitrogens is 6. The van der Waals surface area contributed by atoms with Crippen LogP contribution in [0.4, 0.5) is 5.82 Å². The molecule has 0 bridgehead atoms. The van der Waals surface area contributed by atoms with E-state index in [1.165, 1.54) is 6.33 Å². The van der Waals surface area contributed by atoms with Crippen molar-refractivity contribution in [2.75, 3.05) is 31.1 Å². The number of H-pyrrole nitrogens is 1. The van der Waals surface area contributed by atoms with Crippen LogP contribution in [0.3, 0.4) is 0 Å². The van der Waals surface area contributed by atoms with Gasteiger partial charge in [0.05, 0.1) is 5.56 Å². The number of anilines is 1. The van der Waals surface area contributed by atoms with Crippen molar-refractivity contribution in [3.8, 4) is 0 Å². The lowest BCUT2D eigenvalue weighted by Gasteiger charge is -2.34. The first-order valence-corrected chi connectivity index (χ1v) is 9.71. The fourth-order valence-corrected chi connectivity index (χ4v) is 4.01. The molecular weight excluding hydrogens is 384 g/mol. The second-order valence-electron chi connectivity index (χ2n) is 7.36. The van der Waals surface area contributed by atoms with Gasteiger partial charge in [-0.25, -0.2) is 14.6 Å². The minimum atomic E-state index is -0.477. The van der Waals surface area contributed by atoms with Gasteiger partial charge in [0.2, 0.25) is 0 Å². The number of carbonyl (C=O) groups is 2. The van der Waals surface area contributed by atoms with Crippen LogP contribution in [0.2, 0.25) is 0 Å². The van der Waals surface area contributed by atoms with Crippen LogP contribution in [0.15, 0.2) is 30.6 Å². The van der Waals surface area contributed by atoms with E-state index in [-0.39, 0.29) is 0 Å². The molecule has 1 amide bonds. The Kier molecular flexibility index (Phi) is 4.19. The number of hydrogen-bond donors (Lipinski definition) is 1. The number of fused-ring (bicyclic) bond motifs is 2. The average molecular weight is 404 g/mol. The molecule has 0 atom stereocenters. The van der Waals surface area contributed by atoms with Crippen LogP contribution in [0.5, 0.6) is 0 Å². The topological polar surface area (TPSA) is 113 Å². The average Bonchev–Trinajstić information content (AvgIpc) is 3.32. The van der Waals surface area contributed by atoms with Crippen LogP contribution in [0, 0.1) is 6.92 Å². The lowest BCUT2D eigenvalue weighted by atomic mass is 10.1. The normalized spacial score (nSPS) is 14.6. The van der Waals surface area contributed by atoms with Gasteiger partial charge in [0.15, 0.2) is 17.0 Å². The lowest BCUT2D eigenvalue weighted by molar-refractivity contribution is -0.126. The van der Waals surface area contributed by atoms with Crippen LogP contribution in [-0.2, 0) is 11.8 Å². The summed E-state index contributed by atoms with van der Waals surface area (Å²) in [5, 5.41) is 8.94. The zero-order valence-electron chi connectivity index (χ0n) is 16.7. The molecule has 0 unspecified atom stereocenters. The van der Waals surface area contributed by atoms with E-state index in [0.717, 1.165) is 10.9 Å². The molecule has 0 saturated carbocycles. The summed E-state index contributed by atoms with van der Waals surface area (Å²) < 4.78 is 1.60. The predicted octanol–water partition coefficient (Wildman–Crippen LogP) is 1.08. The molecule has 0 radical (unpaired) electrons. The minimum Gasteiger partial charge on any atom is -0.358 e. The Balaban J connectivity index is 1.34. The molecule has 1 N–H and O–H groups in total. The number of benzene rings is 1. The van der Waals surface area contributed by atoms with Gasteiger partial charge in [-0.3, -0.25) is 9.59 Å². The smallest absolute Gasteiger partial charge is 0.295 e. The molecule has 1 saturated heterocycles. The Morgan fingerprint density at radius 2 is 1.83 bits per heavy atom. The van der Waals surface area contributed by atoms with Crippen LogP contribution < -0.4 is 4.90 Å². The molecule has 1 fully saturated rings. The van der Waals surface area contributed by atoms with Crippen molar-refractivity contribution in [3.05, 3.63) is 41.9 Å². The summed E-state index contributed by atoms with van der Waals surface area (Å²) in [7, 11) is 1.78. The summed E-state index contributed by atoms with van der Waals surface area (Å²) in [6, 6.07) is 7.52. The number of hydrogen-bond acceptors (Lipinski definition) is 7. The van der Waals surface area contributed by atoms with Crippen molar-refractivity contribution >= 4 is 39.6 Å². The van der Waals surface area contributed by atoms with Gasteiger partial charge in [-0.2, -0.15) is 0 Å². The van der Waals surface area contributed by atoms with Crippen molar-refractivity contribution in [1.82, 2.24) is 34.8 Å². The zero-order chi connectivity index (χ0) is 20.8. The monoisotopic (exact) mass is 404 g/mol. The first-order chi connectivity index (χ1) is 14.5. The number of nitrogens with one attached hydrogen (secondary N) is 1. The summed E-state index contributed by atoms with van der Waals surface area (Å²) in [5.74, 6) is -0.259. The molecule has 5 rings (SSSR count). The van der Waals surface area contributed by atoms with Gasteiger partial charge in [-0.1, -0.05) is 23.4 Å². The number of nitrogens with zero attached hydrogens (tertiary/aromatic N) is 7. The van der Waals surface area contributed by atoms with E-state index in [4.69, 9.17) is 0 Å². The van der Waals surface area contributed by atoms with E-state index >= 15 is 0 Å². The van der Waals surface area contributed by atoms with Gasteiger partial charge < -0.3 is 14.8 Å². The Labute approximate surface area is 171 Å². The molecular formula is C20H20N8O2. The molecule has 0 spiro atoms. The molecule has 4 heterocycles. The molecule has 30 heavy (non-hydrogen) atoms. The van der Waals surface area contributed by atoms with Gasteiger partial charge in [0.25, 0.3) is 11.7 Å². The number of aryl methyl sites for hydroxylation is 2. The van der Waals surface area contributed by atoms with Gasteiger partial charge >= 0.3 is 0 Å². The van der Waals surface area contributed by atoms with E-state index in [2.05, 4.69) is 25.3 Å². The van der Waals surface area contributed by atoms with E-state index in [0.29, 0.717) is 54.4 Å². The second-order valence-corrected chi connectivity index (χ2v) is 7.36. The first-order valence-electron chi connectivity index (χ1n) is 9.71. The van der Waals surface area contributed by atoms with E-state index < -0.39 is 11.7 Å². The number of Topliss-reactive ketones (excluding diaryl/α,β-unsaturated/α-hetero) is 1. The number of para-hydroxylation sites is 1. The third-order valence-electron chi connectivity index (χ3n) is 5.55. The molecule has 10 nitrogen and oxygen atoms in total. The van der Waals surface area contributed by atoms with Crippen LogP contribution >= 0.6 is 0 Å². The summed E-state index contributed by atoms with van der Waals surface area (Å²) in [6.45, 7) is 3.78. The largest absolute Gasteiger partial charge is 0.358 e. The maximum Gasteiger partial charge on any atom is 0.295 e. The van der Waals surface area contributed by atoms with E-state index in [9.17, 15) is 9.59 Å². The second kappa shape index (κ2) is 6.90. The number of aromatic amines is 1. The van der Waals surface area contributed by atoms with Crippen LogP contribution in [0.25, 0.3) is 22.1 Å². The highest BCUT2D eigenvalue weighted by Gasteiger charge is 2.30. The summed E-state index contributed by atoms with van der Waals surface area (Å²) in [5.41, 5.74) is 3.30. The maximum absolute atomic E-state index is 13.0. The maximum atomic E-state index is 13.0. The Hall–Kier alpha value is -3.82. The highest BCUT2D eigenvalue weighted by molar-refractivity contribution is 6.45. The van der Waals surface area contributed by atoms with Crippen molar-refractivity contribution in [2.45, 2.75) is 6.92 Å². The van der Waals surface area contributed by atoms with Gasteiger partial charge in [-0.05, 0) is 13.0 Å². The molecule has 3 aromatic heterocycles. The number of amides is 1. The third kappa shape index (κ3) is 2.79. The highest BCUT2D eigenvalue weighted by atomic mass is 16.2. The van der Waals surface area contributed by atoms with Crippen molar-refractivity contribution in [2.24, 2.45) is 7.05 Å². The van der Waals surface area contributed by atoms with E-state index in [1.54, 1.807) is 16.6 Å². The molecule has 1 aliphatic rings. The lowest BCUT2D eigenvalue weighted by Crippen LogP contribution is -2.51. The Morgan fingerprint density at radius 3 is 2.63 bits per heavy atom. The van der Waals surface area contributed by atoms with Crippen LogP contribution in [-0.4, -0.2) is 72.7 Å². The number of piperazine rings is 1. The molecule has 1 aliphatic heterocycles. The summed E-state index contributed by atoms with van der Waals surface area (Å²) in [4.78, 5) is 41.4. The van der Waals surface area contributed by atoms with Crippen molar-refractivity contribution < 1.29 is 9.59 Å². The molecule has 0 aliphatic carbocycles. The SMILES string of the molecule is Cc1[nH]c2ccccc2c1C(=O)C(=O)N1CCN(c2ncnc3c2nnn3C)CC1. The number of rotatable bonds is 3. The fourth-order valence-electron chi connectivity index (χ4n) is 4.01. The summed E-state index contributed by atoms with van der Waals surface area (Å²) >= 11 is 0. The molecule has 10 heteroatoms. The van der Waals surface area contributed by atoms with E-state index in [1.807, 2.05) is 36.1 Å². The van der Waals surface area contributed by atoms with Crippen molar-refractivity contribution in [1.29, 1.82) is 0 Å². The van der Waals surface area contributed by atoms with Crippen molar-refractivity contribution in [3.63, 3.8) is 0 Å². The summed E-state index contributed by atoms with van der Waals surface area (Å²) in [6.07, 6.45) is 1.49. The Morgan fingerprint density at radius 1 is 1.07 bits per heavy atom. The van der Waals surface area contributed by atoms with Gasteiger partial charge in [0.1, 0.15) is 6.33 Å². The molecule has 152 valence electrons. The quantitative estimate of drug-likeness (QED) is 0.401. The third-order valence-corrected chi connectivity index (χ3v) is 5.55. The number of carbonyl (C=O) groups excluding carboxylic acids is 2. The van der Waals surface area contributed by atoms with Gasteiger partial charge in [-0.15, -0.1) is 5.10 Å². The Bertz CT molecular complexity index is 1280. The van der Waals surface area contributed by atoms with Crippen LogP contribution in [0.1, 0.15) is 16.1 Å². The first kappa shape index (κ1) is 18.2. The fraction of sp³-hybridized carbons (Fsp3) is 0.300. The standard InChI is InChI=1S/C20H20N8O2/c1-12-15(13-5-3-4-6-14(13)23-12)17(29)20(30)28-9-7-27(8-10-28)19-16-18(21-11-22-19)26(2)25-24-16/h3-6,11,23H,7-10H2,1-2H3. The molecule has 4 aromatic rings.